The highest BCUT2D eigenvalue weighted by Crippen LogP contribution is 2.25. The van der Waals surface area contributed by atoms with Crippen molar-refractivity contribution in [3.05, 3.63) is 28.4 Å². The van der Waals surface area contributed by atoms with E-state index in [-0.39, 0.29) is 11.6 Å². The smallest absolute Gasteiger partial charge is 0.311 e. The van der Waals surface area contributed by atoms with Gasteiger partial charge in [-0.2, -0.15) is 0 Å². The molecule has 1 saturated heterocycles. The summed E-state index contributed by atoms with van der Waals surface area (Å²) >= 11 is 0. The highest BCUT2D eigenvalue weighted by atomic mass is 16.6. The Bertz CT molecular complexity index is 537. The number of rotatable bonds is 5. The van der Waals surface area contributed by atoms with E-state index in [9.17, 15) is 14.9 Å². The summed E-state index contributed by atoms with van der Waals surface area (Å²) in [7, 11) is 0. The van der Waals surface area contributed by atoms with Crippen LogP contribution in [0.2, 0.25) is 0 Å². The Balaban J connectivity index is 2.01. The molecule has 1 aliphatic heterocycles. The predicted molar refractivity (Wildman–Crippen MR) is 82.8 cm³/mol. The molecule has 120 valence electrons. The van der Waals surface area contributed by atoms with E-state index in [0.717, 1.165) is 13.0 Å². The minimum atomic E-state index is -0.403. The molecule has 0 spiro atoms. The van der Waals surface area contributed by atoms with Gasteiger partial charge in [0.2, 0.25) is 11.7 Å². The van der Waals surface area contributed by atoms with Gasteiger partial charge in [0.1, 0.15) is 0 Å². The van der Waals surface area contributed by atoms with Crippen molar-refractivity contribution in [1.29, 1.82) is 0 Å². The van der Waals surface area contributed by atoms with E-state index in [1.807, 2.05) is 11.8 Å². The van der Waals surface area contributed by atoms with Gasteiger partial charge in [-0.1, -0.05) is 0 Å². The predicted octanol–water partition coefficient (Wildman–Crippen LogP) is 0.638. The van der Waals surface area contributed by atoms with E-state index in [1.165, 1.54) is 6.07 Å². The van der Waals surface area contributed by atoms with Crippen LogP contribution in [0.4, 0.5) is 11.5 Å². The van der Waals surface area contributed by atoms with Crippen LogP contribution in [0.5, 0.6) is 0 Å². The zero-order valence-corrected chi connectivity index (χ0v) is 12.7. The van der Waals surface area contributed by atoms with Gasteiger partial charge in [-0.05, 0) is 19.4 Å². The molecule has 1 N–H and O–H groups in total. The van der Waals surface area contributed by atoms with Gasteiger partial charge < -0.3 is 10.2 Å². The van der Waals surface area contributed by atoms with Crippen LogP contribution < -0.4 is 10.2 Å². The summed E-state index contributed by atoms with van der Waals surface area (Å²) < 4.78 is 0. The number of nitrogens with one attached hydrogen (secondary N) is 1. The van der Waals surface area contributed by atoms with E-state index in [2.05, 4.69) is 15.2 Å². The summed E-state index contributed by atoms with van der Waals surface area (Å²) in [6.07, 6.45) is 2.41. The Morgan fingerprint density at radius 2 is 2.23 bits per heavy atom. The molecule has 0 aromatic carbocycles. The number of anilines is 1. The van der Waals surface area contributed by atoms with Crippen LogP contribution >= 0.6 is 0 Å². The average Bonchev–Trinajstić information content (AvgIpc) is 2.73. The van der Waals surface area contributed by atoms with Crippen molar-refractivity contribution < 1.29 is 9.72 Å². The van der Waals surface area contributed by atoms with E-state index in [4.69, 9.17) is 0 Å². The molecular weight excluding hydrogens is 286 g/mol. The van der Waals surface area contributed by atoms with Gasteiger partial charge in [0, 0.05) is 45.0 Å². The molecule has 1 fully saturated rings. The number of pyridine rings is 1. The summed E-state index contributed by atoms with van der Waals surface area (Å²) in [5.74, 6) is 0.423. The zero-order valence-electron chi connectivity index (χ0n) is 12.7. The van der Waals surface area contributed by atoms with Gasteiger partial charge in [-0.15, -0.1) is 0 Å². The summed E-state index contributed by atoms with van der Waals surface area (Å²) in [5, 5.41) is 13.9. The van der Waals surface area contributed by atoms with Crippen LogP contribution in [0.25, 0.3) is 0 Å². The molecule has 8 heteroatoms. The Kier molecular flexibility index (Phi) is 5.65. The molecule has 1 amide bonds. The maximum Gasteiger partial charge on any atom is 0.311 e. The lowest BCUT2D eigenvalue weighted by Crippen LogP contribution is -2.39. The van der Waals surface area contributed by atoms with Crippen molar-refractivity contribution in [2.45, 2.75) is 13.3 Å². The number of aromatic nitrogens is 1. The van der Waals surface area contributed by atoms with Gasteiger partial charge in [0.25, 0.3) is 0 Å². The molecule has 2 rings (SSSR count). The first-order valence-corrected chi connectivity index (χ1v) is 7.45. The molecule has 22 heavy (non-hydrogen) atoms. The number of likely N-dealkylation sites (N-methyl/N-ethyl adjacent to an activating group) is 1. The van der Waals surface area contributed by atoms with Gasteiger partial charge in [-0.25, -0.2) is 4.98 Å². The lowest BCUT2D eigenvalue weighted by molar-refractivity contribution is -0.384. The fourth-order valence-corrected chi connectivity index (χ4v) is 2.57. The lowest BCUT2D eigenvalue weighted by Gasteiger charge is -2.22. The van der Waals surface area contributed by atoms with Crippen LogP contribution in [-0.2, 0) is 4.79 Å². The third kappa shape index (κ3) is 4.14. The third-order valence-corrected chi connectivity index (χ3v) is 3.59. The number of nitrogens with zero attached hydrogens (tertiary/aromatic N) is 4. The van der Waals surface area contributed by atoms with Crippen molar-refractivity contribution in [3.63, 3.8) is 0 Å². The molecule has 2 heterocycles. The largest absolute Gasteiger partial charge is 0.355 e. The quantitative estimate of drug-likeness (QED) is 0.634. The van der Waals surface area contributed by atoms with Crippen LogP contribution in [0, 0.1) is 10.1 Å². The average molecular weight is 307 g/mol. The van der Waals surface area contributed by atoms with E-state index in [1.54, 1.807) is 12.3 Å². The number of hydrogen-bond acceptors (Lipinski definition) is 6. The van der Waals surface area contributed by atoms with E-state index < -0.39 is 4.92 Å². The normalized spacial score (nSPS) is 16.1. The molecule has 0 radical (unpaired) electrons. The van der Waals surface area contributed by atoms with Crippen molar-refractivity contribution in [1.82, 2.24) is 15.2 Å². The second kappa shape index (κ2) is 7.69. The Morgan fingerprint density at radius 3 is 2.95 bits per heavy atom. The van der Waals surface area contributed by atoms with E-state index >= 15 is 0 Å². The molecule has 0 atom stereocenters. The molecule has 0 unspecified atom stereocenters. The molecule has 1 aliphatic rings. The first-order valence-electron chi connectivity index (χ1n) is 7.45. The maximum absolute atomic E-state index is 11.7. The van der Waals surface area contributed by atoms with Crippen LogP contribution in [0.15, 0.2) is 18.3 Å². The summed E-state index contributed by atoms with van der Waals surface area (Å²) in [4.78, 5) is 30.5. The van der Waals surface area contributed by atoms with Crippen LogP contribution in [0.1, 0.15) is 13.3 Å². The topological polar surface area (TPSA) is 91.6 Å². The fraction of sp³-hybridized carbons (Fsp3) is 0.571. The minimum Gasteiger partial charge on any atom is -0.355 e. The van der Waals surface area contributed by atoms with Crippen molar-refractivity contribution in [2.75, 3.05) is 44.2 Å². The SMILES string of the molecule is CCNC(=O)CN1CCCN(c2ncccc2[N+](=O)[O-])CC1. The van der Waals surface area contributed by atoms with Gasteiger partial charge >= 0.3 is 5.69 Å². The minimum absolute atomic E-state index is 0.0137. The number of carbonyl (C=O) groups is 1. The second-order valence-electron chi connectivity index (χ2n) is 5.17. The first kappa shape index (κ1) is 16.2. The van der Waals surface area contributed by atoms with Crippen molar-refractivity contribution >= 4 is 17.4 Å². The summed E-state index contributed by atoms with van der Waals surface area (Å²) in [6.45, 7) is 5.69. The first-order chi connectivity index (χ1) is 10.6. The van der Waals surface area contributed by atoms with Crippen LogP contribution in [-0.4, -0.2) is 60.0 Å². The zero-order chi connectivity index (χ0) is 15.9. The highest BCUT2D eigenvalue weighted by molar-refractivity contribution is 5.77. The number of amides is 1. The lowest BCUT2D eigenvalue weighted by atomic mass is 10.3. The molecule has 8 nitrogen and oxygen atoms in total. The molecule has 1 aromatic rings. The summed E-state index contributed by atoms with van der Waals surface area (Å²) in [6, 6.07) is 3.04. The maximum atomic E-state index is 11.7. The van der Waals surface area contributed by atoms with Gasteiger partial charge in [0.15, 0.2) is 0 Å². The van der Waals surface area contributed by atoms with E-state index in [0.29, 0.717) is 38.5 Å². The standard InChI is InChI=1S/C14H21N5O3/c1-2-15-13(20)11-17-7-4-8-18(10-9-17)14-12(19(21)22)5-3-6-16-14/h3,5-6H,2,4,7-11H2,1H3,(H,15,20). The third-order valence-electron chi connectivity index (χ3n) is 3.59. The van der Waals surface area contributed by atoms with Gasteiger partial charge in [0.05, 0.1) is 11.5 Å². The van der Waals surface area contributed by atoms with Gasteiger partial charge in [-0.3, -0.25) is 19.8 Å². The highest BCUT2D eigenvalue weighted by Gasteiger charge is 2.23. The van der Waals surface area contributed by atoms with Crippen molar-refractivity contribution in [3.8, 4) is 0 Å². The van der Waals surface area contributed by atoms with Crippen molar-refractivity contribution in [2.24, 2.45) is 0 Å². The fourth-order valence-electron chi connectivity index (χ4n) is 2.57. The summed E-state index contributed by atoms with van der Waals surface area (Å²) in [5.41, 5.74) is 0.0275. The number of hydrogen-bond donors (Lipinski definition) is 1. The monoisotopic (exact) mass is 307 g/mol. The molecular formula is C14H21N5O3. The van der Waals surface area contributed by atoms with Crippen LogP contribution in [0.3, 0.4) is 0 Å². The Morgan fingerprint density at radius 1 is 1.41 bits per heavy atom. The number of nitro groups is 1. The molecule has 0 bridgehead atoms. The molecule has 0 saturated carbocycles. The Labute approximate surface area is 129 Å². The second-order valence-corrected chi connectivity index (χ2v) is 5.17. The molecule has 1 aromatic heterocycles. The Hall–Kier alpha value is -2.22. The molecule has 0 aliphatic carbocycles. The number of carbonyl (C=O) groups excluding carboxylic acids is 1.